The molecule has 0 radical (unpaired) electrons. The monoisotopic (exact) mass is 426 g/mol. The Balaban J connectivity index is 1.44. The summed E-state index contributed by atoms with van der Waals surface area (Å²) in [6.45, 7) is 2.00. The van der Waals surface area contributed by atoms with E-state index < -0.39 is 17.8 Å². The van der Waals surface area contributed by atoms with Crippen LogP contribution in [0.25, 0.3) is 10.2 Å². The first-order valence-corrected chi connectivity index (χ1v) is 10.3. The maximum atomic E-state index is 13.5. The van der Waals surface area contributed by atoms with Crippen molar-refractivity contribution in [2.24, 2.45) is 5.92 Å². The second kappa shape index (κ2) is 7.55. The number of carbonyl (C=O) groups excluding carboxylic acids is 1. The first-order valence-electron chi connectivity index (χ1n) is 9.07. The first-order chi connectivity index (χ1) is 13.3. The Labute approximate surface area is 170 Å². The highest BCUT2D eigenvalue weighted by atomic mass is 35.5. The number of nitrogens with one attached hydrogen (secondary N) is 1. The van der Waals surface area contributed by atoms with Crippen molar-refractivity contribution in [1.29, 1.82) is 0 Å². The van der Waals surface area contributed by atoms with E-state index in [2.05, 4.69) is 15.2 Å². The number of nitrogens with zero attached hydrogens (tertiary/aromatic N) is 3. The molecular formula is C18H20ClFN4O3S. The molecule has 28 heavy (non-hydrogen) atoms. The summed E-state index contributed by atoms with van der Waals surface area (Å²) in [6, 6.07) is 1.95. The maximum absolute atomic E-state index is 13.5. The largest absolute Gasteiger partial charge is 0.480 e. The average molecular weight is 427 g/mol. The molecule has 2 aromatic rings. The Kier molecular flexibility index (Phi) is 5.26. The van der Waals surface area contributed by atoms with E-state index in [4.69, 9.17) is 11.6 Å². The minimum absolute atomic E-state index is 0.0673. The highest BCUT2D eigenvalue weighted by Gasteiger charge is 2.46. The standard InChI is InChI=1S/C18H20ClFN4O3S/c1-23-8-12(15(23)17(26)27)24-4-2-3-9(7-24)16(25)22-18-21-14-11(19)5-10(20)6-13(14)28-18/h5-6,9,12,15H,2-4,7-8H2,1H3,(H,26,27)(H,21,22,25). The number of carboxylic acid groups (broad SMARTS) is 1. The molecule has 3 heterocycles. The van der Waals surface area contributed by atoms with Crippen LogP contribution in [0.15, 0.2) is 12.1 Å². The predicted molar refractivity (Wildman–Crippen MR) is 105 cm³/mol. The van der Waals surface area contributed by atoms with Crippen LogP contribution in [-0.2, 0) is 9.59 Å². The van der Waals surface area contributed by atoms with E-state index in [1.54, 1.807) is 11.9 Å². The summed E-state index contributed by atoms with van der Waals surface area (Å²) >= 11 is 7.20. The van der Waals surface area contributed by atoms with Gasteiger partial charge in [0.2, 0.25) is 5.91 Å². The van der Waals surface area contributed by atoms with Gasteiger partial charge in [0.15, 0.2) is 5.13 Å². The lowest BCUT2D eigenvalue weighted by molar-refractivity contribution is -0.154. The van der Waals surface area contributed by atoms with Gasteiger partial charge in [-0.05, 0) is 38.6 Å². The lowest BCUT2D eigenvalue weighted by Crippen LogP contribution is -2.69. The van der Waals surface area contributed by atoms with Gasteiger partial charge in [0.05, 0.1) is 15.6 Å². The summed E-state index contributed by atoms with van der Waals surface area (Å²) < 4.78 is 14.1. The molecule has 4 rings (SSSR count). The second-order valence-electron chi connectivity index (χ2n) is 7.37. The topological polar surface area (TPSA) is 85.8 Å². The van der Waals surface area contributed by atoms with Gasteiger partial charge in [-0.2, -0.15) is 0 Å². The van der Waals surface area contributed by atoms with Gasteiger partial charge < -0.3 is 10.4 Å². The molecule has 0 bridgehead atoms. The van der Waals surface area contributed by atoms with Crippen molar-refractivity contribution in [3.63, 3.8) is 0 Å². The lowest BCUT2D eigenvalue weighted by atomic mass is 9.90. The number of fused-ring (bicyclic) bond motifs is 1. The number of hydrogen-bond acceptors (Lipinski definition) is 6. The Morgan fingerprint density at radius 1 is 1.39 bits per heavy atom. The molecule has 150 valence electrons. The number of likely N-dealkylation sites (tertiary alicyclic amines) is 2. The number of hydrogen-bond donors (Lipinski definition) is 2. The molecule has 2 aliphatic heterocycles. The Hall–Kier alpha value is -1.81. The van der Waals surface area contributed by atoms with Crippen LogP contribution in [0.2, 0.25) is 5.02 Å². The van der Waals surface area contributed by atoms with Crippen LogP contribution >= 0.6 is 22.9 Å². The first kappa shape index (κ1) is 19.5. The fourth-order valence-electron chi connectivity index (χ4n) is 4.07. The summed E-state index contributed by atoms with van der Waals surface area (Å²) in [7, 11) is 1.80. The van der Waals surface area contributed by atoms with Crippen molar-refractivity contribution in [2.45, 2.75) is 24.9 Å². The van der Waals surface area contributed by atoms with E-state index in [0.29, 0.717) is 28.4 Å². The number of piperidine rings is 1. The van der Waals surface area contributed by atoms with E-state index in [-0.39, 0.29) is 22.9 Å². The third-order valence-corrected chi connectivity index (χ3v) is 6.71. The van der Waals surface area contributed by atoms with Crippen LogP contribution in [0.4, 0.5) is 9.52 Å². The summed E-state index contributed by atoms with van der Waals surface area (Å²) in [6.07, 6.45) is 1.57. The van der Waals surface area contributed by atoms with Crippen LogP contribution in [-0.4, -0.2) is 70.5 Å². The third-order valence-electron chi connectivity index (χ3n) is 5.50. The van der Waals surface area contributed by atoms with Crippen LogP contribution in [0.1, 0.15) is 12.8 Å². The number of amides is 1. The Bertz CT molecular complexity index is 939. The van der Waals surface area contributed by atoms with E-state index in [1.165, 1.54) is 23.5 Å². The quantitative estimate of drug-likeness (QED) is 0.781. The number of carbonyl (C=O) groups is 2. The van der Waals surface area contributed by atoms with Gasteiger partial charge in [-0.25, -0.2) is 9.37 Å². The zero-order valence-electron chi connectivity index (χ0n) is 15.2. The van der Waals surface area contributed by atoms with E-state index in [1.807, 2.05) is 0 Å². The number of carboxylic acids is 1. The molecule has 0 saturated carbocycles. The van der Waals surface area contributed by atoms with Crippen LogP contribution in [0.3, 0.4) is 0 Å². The molecule has 1 amide bonds. The van der Waals surface area contributed by atoms with E-state index in [0.717, 1.165) is 19.4 Å². The highest BCUT2D eigenvalue weighted by molar-refractivity contribution is 7.22. The Morgan fingerprint density at radius 3 is 2.89 bits per heavy atom. The zero-order chi connectivity index (χ0) is 20.0. The van der Waals surface area contributed by atoms with Crippen molar-refractivity contribution >= 4 is 50.2 Å². The number of rotatable bonds is 4. The molecule has 2 fully saturated rings. The minimum atomic E-state index is -0.830. The summed E-state index contributed by atoms with van der Waals surface area (Å²) in [4.78, 5) is 32.4. The van der Waals surface area contributed by atoms with Gasteiger partial charge in [-0.15, -0.1) is 0 Å². The lowest BCUT2D eigenvalue weighted by Gasteiger charge is -2.50. The number of aromatic nitrogens is 1. The molecule has 2 N–H and O–H groups in total. The van der Waals surface area contributed by atoms with Crippen LogP contribution in [0, 0.1) is 11.7 Å². The molecule has 3 atom stereocenters. The van der Waals surface area contributed by atoms with Crippen LogP contribution in [0.5, 0.6) is 0 Å². The molecule has 1 aromatic carbocycles. The zero-order valence-corrected chi connectivity index (χ0v) is 16.8. The highest BCUT2D eigenvalue weighted by Crippen LogP contribution is 2.33. The van der Waals surface area contributed by atoms with Gasteiger partial charge >= 0.3 is 5.97 Å². The molecule has 10 heteroatoms. The molecule has 1 aromatic heterocycles. The van der Waals surface area contributed by atoms with Crippen molar-refractivity contribution in [3.05, 3.63) is 23.0 Å². The van der Waals surface area contributed by atoms with Crippen molar-refractivity contribution in [3.8, 4) is 0 Å². The molecule has 2 aliphatic rings. The van der Waals surface area contributed by atoms with Gasteiger partial charge in [0.1, 0.15) is 17.4 Å². The van der Waals surface area contributed by atoms with Gasteiger partial charge in [0, 0.05) is 19.1 Å². The smallest absolute Gasteiger partial charge is 0.322 e. The summed E-state index contributed by atoms with van der Waals surface area (Å²) in [5.41, 5.74) is 0.468. The van der Waals surface area contributed by atoms with Crippen LogP contribution < -0.4 is 5.32 Å². The second-order valence-corrected chi connectivity index (χ2v) is 8.80. The number of likely N-dealkylation sites (N-methyl/N-ethyl adjacent to an activating group) is 1. The minimum Gasteiger partial charge on any atom is -0.480 e. The normalized spacial score (nSPS) is 26.2. The molecule has 7 nitrogen and oxygen atoms in total. The Morgan fingerprint density at radius 2 is 2.18 bits per heavy atom. The molecule has 0 spiro atoms. The SMILES string of the molecule is CN1CC(N2CCCC(C(=O)Nc3nc4c(Cl)cc(F)cc4s3)C2)C1C(=O)O. The molecule has 0 aliphatic carbocycles. The number of aliphatic carboxylic acids is 1. The number of halogens is 2. The van der Waals surface area contributed by atoms with Crippen molar-refractivity contribution in [1.82, 2.24) is 14.8 Å². The van der Waals surface area contributed by atoms with Gasteiger partial charge in [0.25, 0.3) is 0 Å². The fourth-order valence-corrected chi connectivity index (χ4v) is 5.30. The molecular weight excluding hydrogens is 407 g/mol. The fraction of sp³-hybridized carbons (Fsp3) is 0.500. The summed E-state index contributed by atoms with van der Waals surface area (Å²) in [5.74, 6) is -1.67. The van der Waals surface area contributed by atoms with Crippen molar-refractivity contribution in [2.75, 3.05) is 32.0 Å². The number of benzene rings is 1. The average Bonchev–Trinajstić information content (AvgIpc) is 3.01. The number of anilines is 1. The number of thiazole rings is 1. The third kappa shape index (κ3) is 3.59. The molecule has 2 saturated heterocycles. The van der Waals surface area contributed by atoms with Crippen molar-refractivity contribution < 1.29 is 19.1 Å². The van der Waals surface area contributed by atoms with E-state index >= 15 is 0 Å². The molecule has 3 unspecified atom stereocenters. The van der Waals surface area contributed by atoms with Gasteiger partial charge in [-0.3, -0.25) is 19.4 Å². The maximum Gasteiger partial charge on any atom is 0.322 e. The predicted octanol–water partition coefficient (Wildman–Crippen LogP) is 2.51. The summed E-state index contributed by atoms with van der Waals surface area (Å²) in [5, 5.41) is 12.8. The van der Waals surface area contributed by atoms with Gasteiger partial charge in [-0.1, -0.05) is 22.9 Å². The van der Waals surface area contributed by atoms with E-state index in [9.17, 15) is 19.1 Å².